The normalized spacial score (nSPS) is 11.8. The fourth-order valence-corrected chi connectivity index (χ4v) is 3.20. The average molecular weight is 376 g/mol. The summed E-state index contributed by atoms with van der Waals surface area (Å²) in [5.41, 5.74) is 3.29. The second kappa shape index (κ2) is 6.77. The van der Waals surface area contributed by atoms with E-state index in [9.17, 15) is 9.50 Å². The number of nitrogens with zero attached hydrogens (tertiary/aromatic N) is 2. The number of ether oxygens (including phenoxy) is 1. The van der Waals surface area contributed by atoms with E-state index in [1.54, 1.807) is 33.1 Å². The summed E-state index contributed by atoms with van der Waals surface area (Å²) < 4.78 is 21.6. The zero-order valence-corrected chi connectivity index (χ0v) is 16.0. The summed E-state index contributed by atoms with van der Waals surface area (Å²) in [5, 5.41) is 10.2. The van der Waals surface area contributed by atoms with E-state index in [2.05, 4.69) is 4.98 Å². The number of fused-ring (bicyclic) bond motifs is 1. The number of aromatic nitrogens is 2. The van der Waals surface area contributed by atoms with Crippen molar-refractivity contribution in [3.05, 3.63) is 78.4 Å². The number of halogens is 1. The molecule has 2 aromatic heterocycles. The van der Waals surface area contributed by atoms with Gasteiger partial charge >= 0.3 is 0 Å². The first-order valence-corrected chi connectivity index (χ1v) is 9.01. The first kappa shape index (κ1) is 18.2. The molecule has 0 saturated carbocycles. The Bertz CT molecular complexity index is 1160. The Kier molecular flexibility index (Phi) is 4.40. The average Bonchev–Trinajstić information content (AvgIpc) is 3.11. The number of pyridine rings is 1. The quantitative estimate of drug-likeness (QED) is 0.543. The van der Waals surface area contributed by atoms with Gasteiger partial charge in [-0.15, -0.1) is 0 Å². The van der Waals surface area contributed by atoms with Crippen molar-refractivity contribution in [2.75, 3.05) is 7.11 Å². The summed E-state index contributed by atoms with van der Waals surface area (Å²) in [6, 6.07) is 16.1. The first-order chi connectivity index (χ1) is 13.3. The molecule has 5 heteroatoms. The fourth-order valence-electron chi connectivity index (χ4n) is 3.20. The summed E-state index contributed by atoms with van der Waals surface area (Å²) in [5.74, 6) is 0.432. The van der Waals surface area contributed by atoms with Gasteiger partial charge < -0.3 is 14.2 Å². The highest BCUT2D eigenvalue weighted by Crippen LogP contribution is 2.30. The molecule has 0 aliphatic carbocycles. The maximum atomic E-state index is 14.5. The fraction of sp³-hybridized carbons (Fsp3) is 0.174. The summed E-state index contributed by atoms with van der Waals surface area (Å²) in [4.78, 5) is 4.65. The molecule has 0 bridgehead atoms. The monoisotopic (exact) mass is 376 g/mol. The van der Waals surface area contributed by atoms with Crippen LogP contribution in [0.2, 0.25) is 0 Å². The van der Waals surface area contributed by atoms with E-state index in [1.807, 2.05) is 53.2 Å². The van der Waals surface area contributed by atoms with Crippen LogP contribution in [0.5, 0.6) is 5.75 Å². The van der Waals surface area contributed by atoms with E-state index < -0.39 is 5.60 Å². The van der Waals surface area contributed by atoms with Crippen LogP contribution >= 0.6 is 0 Å². The Morgan fingerprint density at radius 1 is 1.00 bits per heavy atom. The molecule has 0 fully saturated rings. The van der Waals surface area contributed by atoms with Crippen molar-refractivity contribution in [3.8, 4) is 28.1 Å². The third-order valence-corrected chi connectivity index (χ3v) is 4.80. The summed E-state index contributed by atoms with van der Waals surface area (Å²) >= 11 is 0. The van der Waals surface area contributed by atoms with Gasteiger partial charge in [0.15, 0.2) is 0 Å². The van der Waals surface area contributed by atoms with E-state index in [0.717, 1.165) is 22.7 Å². The minimum absolute atomic E-state index is 0.333. The topological polar surface area (TPSA) is 46.8 Å². The van der Waals surface area contributed by atoms with Crippen LogP contribution in [0.3, 0.4) is 0 Å². The van der Waals surface area contributed by atoms with Crippen molar-refractivity contribution < 1.29 is 14.2 Å². The van der Waals surface area contributed by atoms with Crippen LogP contribution in [-0.2, 0) is 5.60 Å². The minimum Gasteiger partial charge on any atom is -0.497 e. The number of aliphatic hydroxyl groups is 1. The van der Waals surface area contributed by atoms with E-state index in [4.69, 9.17) is 4.74 Å². The van der Waals surface area contributed by atoms with Gasteiger partial charge in [0.25, 0.3) is 0 Å². The number of methoxy groups -OCH3 is 1. The van der Waals surface area contributed by atoms with Gasteiger partial charge in [0, 0.05) is 29.1 Å². The van der Waals surface area contributed by atoms with Crippen LogP contribution < -0.4 is 4.74 Å². The molecule has 2 aromatic carbocycles. The largest absolute Gasteiger partial charge is 0.497 e. The predicted molar refractivity (Wildman–Crippen MR) is 108 cm³/mol. The molecule has 0 aliphatic rings. The molecule has 0 spiro atoms. The highest BCUT2D eigenvalue weighted by molar-refractivity contribution is 5.69. The van der Waals surface area contributed by atoms with Crippen LogP contribution in [0.1, 0.15) is 19.4 Å². The first-order valence-electron chi connectivity index (χ1n) is 9.01. The molecule has 4 rings (SSSR count). The van der Waals surface area contributed by atoms with Gasteiger partial charge in [0.05, 0.1) is 18.4 Å². The molecule has 28 heavy (non-hydrogen) atoms. The van der Waals surface area contributed by atoms with Gasteiger partial charge in [-0.3, -0.25) is 0 Å². The second-order valence-electron chi connectivity index (χ2n) is 7.29. The lowest BCUT2D eigenvalue weighted by molar-refractivity contribution is 0.0786. The molecular formula is C23H21FN2O2. The number of benzene rings is 2. The Labute approximate surface area is 162 Å². The van der Waals surface area contributed by atoms with Gasteiger partial charge in [-0.25, -0.2) is 9.37 Å². The lowest BCUT2D eigenvalue weighted by Gasteiger charge is -2.19. The van der Waals surface area contributed by atoms with Crippen LogP contribution in [0, 0.1) is 5.82 Å². The van der Waals surface area contributed by atoms with Crippen molar-refractivity contribution in [3.63, 3.8) is 0 Å². The third-order valence-electron chi connectivity index (χ3n) is 4.80. The Morgan fingerprint density at radius 2 is 1.82 bits per heavy atom. The molecule has 142 valence electrons. The van der Waals surface area contributed by atoms with Crippen molar-refractivity contribution in [1.82, 2.24) is 9.38 Å². The van der Waals surface area contributed by atoms with Crippen molar-refractivity contribution in [1.29, 1.82) is 0 Å². The maximum absolute atomic E-state index is 14.5. The minimum atomic E-state index is -1.04. The summed E-state index contributed by atoms with van der Waals surface area (Å²) in [7, 11) is 1.63. The predicted octanol–water partition coefficient (Wildman–Crippen LogP) is 5.04. The lowest BCUT2D eigenvalue weighted by atomic mass is 9.94. The molecule has 0 atom stereocenters. The lowest BCUT2D eigenvalue weighted by Crippen LogP contribution is -2.15. The summed E-state index contributed by atoms with van der Waals surface area (Å²) in [6.45, 7) is 3.37. The van der Waals surface area contributed by atoms with E-state index >= 15 is 0 Å². The molecule has 0 amide bonds. The van der Waals surface area contributed by atoms with Gasteiger partial charge in [-0.1, -0.05) is 18.2 Å². The maximum Gasteiger partial charge on any atom is 0.137 e. The van der Waals surface area contributed by atoms with Gasteiger partial charge in [-0.2, -0.15) is 0 Å². The highest BCUT2D eigenvalue weighted by atomic mass is 19.1. The van der Waals surface area contributed by atoms with Gasteiger partial charge in [0.1, 0.15) is 17.2 Å². The summed E-state index contributed by atoms with van der Waals surface area (Å²) in [6.07, 6.45) is 3.75. The second-order valence-corrected chi connectivity index (χ2v) is 7.29. The van der Waals surface area contributed by atoms with E-state index in [0.29, 0.717) is 16.7 Å². The van der Waals surface area contributed by atoms with Crippen LogP contribution in [0.25, 0.3) is 28.0 Å². The zero-order chi connectivity index (χ0) is 19.9. The zero-order valence-electron chi connectivity index (χ0n) is 16.0. The molecule has 0 unspecified atom stereocenters. The molecule has 2 heterocycles. The Morgan fingerprint density at radius 3 is 2.57 bits per heavy atom. The van der Waals surface area contributed by atoms with Gasteiger partial charge in [0.2, 0.25) is 0 Å². The molecule has 0 aliphatic heterocycles. The molecule has 4 nitrogen and oxygen atoms in total. The molecule has 0 radical (unpaired) electrons. The number of hydrogen-bond donors (Lipinski definition) is 1. The standard InChI is InChI=1S/C23H21FN2O2/c1-23(2,27)17-8-9-20(24)19(12-17)16-7-10-22-25-21(14-26(22)13-16)15-5-4-6-18(11-15)28-3/h4-14,27H,1-3H3. The van der Waals surface area contributed by atoms with E-state index in [-0.39, 0.29) is 5.82 Å². The van der Waals surface area contributed by atoms with Crippen LogP contribution in [0.15, 0.2) is 67.0 Å². The van der Waals surface area contributed by atoms with Crippen molar-refractivity contribution >= 4 is 5.65 Å². The Hall–Kier alpha value is -3.18. The molecular weight excluding hydrogens is 355 g/mol. The van der Waals surface area contributed by atoms with Crippen LogP contribution in [-0.4, -0.2) is 21.6 Å². The SMILES string of the molecule is COc1cccc(-c2cn3cc(-c4cc(C(C)(C)O)ccc4F)ccc3n2)c1. The number of hydrogen-bond acceptors (Lipinski definition) is 3. The van der Waals surface area contributed by atoms with Crippen molar-refractivity contribution in [2.24, 2.45) is 0 Å². The molecule has 0 saturated heterocycles. The van der Waals surface area contributed by atoms with Gasteiger partial charge in [-0.05, 0) is 55.8 Å². The Balaban J connectivity index is 1.79. The van der Waals surface area contributed by atoms with Crippen LogP contribution in [0.4, 0.5) is 4.39 Å². The smallest absolute Gasteiger partial charge is 0.137 e. The third kappa shape index (κ3) is 3.37. The highest BCUT2D eigenvalue weighted by Gasteiger charge is 2.18. The number of imidazole rings is 1. The molecule has 1 N–H and O–H groups in total. The van der Waals surface area contributed by atoms with Crippen molar-refractivity contribution in [2.45, 2.75) is 19.4 Å². The molecule has 4 aromatic rings. The number of rotatable bonds is 4. The van der Waals surface area contributed by atoms with E-state index in [1.165, 1.54) is 6.07 Å².